The molecule has 1 fully saturated rings. The lowest BCUT2D eigenvalue weighted by atomic mass is 9.83. The minimum absolute atomic E-state index is 0.0266. The molecule has 3 nitrogen and oxygen atoms in total. The molecular formula is C16H21NO2. The zero-order chi connectivity index (χ0) is 13.2. The zero-order valence-electron chi connectivity index (χ0n) is 11.4. The van der Waals surface area contributed by atoms with E-state index in [0.29, 0.717) is 5.92 Å². The van der Waals surface area contributed by atoms with Crippen molar-refractivity contribution in [2.24, 2.45) is 11.7 Å². The third-order valence-corrected chi connectivity index (χ3v) is 4.23. The van der Waals surface area contributed by atoms with Gasteiger partial charge in [-0.2, -0.15) is 0 Å². The molecule has 2 aromatic rings. The molecule has 1 heterocycles. The fourth-order valence-electron chi connectivity index (χ4n) is 3.05. The van der Waals surface area contributed by atoms with Gasteiger partial charge in [0.15, 0.2) is 0 Å². The van der Waals surface area contributed by atoms with Crippen molar-refractivity contribution in [3.05, 3.63) is 30.0 Å². The number of rotatable bonds is 3. The Balaban J connectivity index is 1.87. The summed E-state index contributed by atoms with van der Waals surface area (Å²) in [4.78, 5) is 0. The molecule has 1 unspecified atom stereocenters. The van der Waals surface area contributed by atoms with Crippen molar-refractivity contribution in [2.45, 2.75) is 38.1 Å². The molecule has 0 saturated heterocycles. The van der Waals surface area contributed by atoms with Gasteiger partial charge in [-0.15, -0.1) is 0 Å². The van der Waals surface area contributed by atoms with Crippen LogP contribution in [-0.2, 0) is 0 Å². The summed E-state index contributed by atoms with van der Waals surface area (Å²) in [6, 6.07) is 8.00. The first-order valence-electron chi connectivity index (χ1n) is 7.11. The number of furan rings is 1. The number of hydrogen-bond donors (Lipinski definition) is 1. The molecular weight excluding hydrogens is 238 g/mol. The fraction of sp³-hybridized carbons (Fsp3) is 0.500. The molecule has 1 aliphatic carbocycles. The summed E-state index contributed by atoms with van der Waals surface area (Å²) in [6.07, 6.45) is 6.39. The Morgan fingerprint density at radius 3 is 2.74 bits per heavy atom. The van der Waals surface area contributed by atoms with Crippen LogP contribution in [0.3, 0.4) is 0 Å². The van der Waals surface area contributed by atoms with Gasteiger partial charge in [-0.1, -0.05) is 19.3 Å². The van der Waals surface area contributed by atoms with E-state index in [9.17, 15) is 0 Å². The second-order valence-corrected chi connectivity index (χ2v) is 5.48. The van der Waals surface area contributed by atoms with Gasteiger partial charge in [0.25, 0.3) is 0 Å². The highest BCUT2D eigenvalue weighted by molar-refractivity contribution is 5.79. The Hall–Kier alpha value is -1.48. The molecule has 3 heteroatoms. The summed E-state index contributed by atoms with van der Waals surface area (Å²) in [5.41, 5.74) is 7.24. The fourth-order valence-corrected chi connectivity index (χ4v) is 3.05. The Morgan fingerprint density at radius 1 is 1.21 bits per heavy atom. The lowest BCUT2D eigenvalue weighted by molar-refractivity contribution is 0.284. The van der Waals surface area contributed by atoms with Crippen LogP contribution in [0.15, 0.2) is 28.7 Å². The first-order chi connectivity index (χ1) is 9.28. The van der Waals surface area contributed by atoms with Crippen molar-refractivity contribution in [3.8, 4) is 5.75 Å². The summed E-state index contributed by atoms with van der Waals surface area (Å²) >= 11 is 0. The highest BCUT2D eigenvalue weighted by Gasteiger charge is 2.24. The number of benzene rings is 1. The SMILES string of the molecule is COc1ccc2cc(C(N)C3CCCCC3)oc2c1. The van der Waals surface area contributed by atoms with Crippen LogP contribution in [0.25, 0.3) is 11.0 Å². The molecule has 0 aliphatic heterocycles. The Labute approximate surface area is 113 Å². The maximum atomic E-state index is 6.38. The van der Waals surface area contributed by atoms with Gasteiger partial charge in [0.1, 0.15) is 17.1 Å². The molecule has 1 atom stereocenters. The molecule has 1 aromatic heterocycles. The number of methoxy groups -OCH3 is 1. The molecule has 1 aromatic carbocycles. The third kappa shape index (κ3) is 2.47. The van der Waals surface area contributed by atoms with Gasteiger partial charge in [0.05, 0.1) is 13.2 Å². The van der Waals surface area contributed by atoms with Crippen LogP contribution in [0.2, 0.25) is 0 Å². The van der Waals surface area contributed by atoms with E-state index < -0.39 is 0 Å². The average Bonchev–Trinajstić information content (AvgIpc) is 2.90. The van der Waals surface area contributed by atoms with Crippen molar-refractivity contribution >= 4 is 11.0 Å². The third-order valence-electron chi connectivity index (χ3n) is 4.23. The van der Waals surface area contributed by atoms with Crippen LogP contribution in [0.1, 0.15) is 43.9 Å². The maximum Gasteiger partial charge on any atom is 0.138 e. The van der Waals surface area contributed by atoms with Crippen LogP contribution < -0.4 is 10.5 Å². The zero-order valence-corrected chi connectivity index (χ0v) is 11.4. The van der Waals surface area contributed by atoms with Crippen molar-refractivity contribution in [1.29, 1.82) is 0 Å². The summed E-state index contributed by atoms with van der Waals surface area (Å²) in [5, 5.41) is 1.10. The van der Waals surface area contributed by atoms with Crippen molar-refractivity contribution in [3.63, 3.8) is 0 Å². The van der Waals surface area contributed by atoms with Gasteiger partial charge in [0.2, 0.25) is 0 Å². The topological polar surface area (TPSA) is 48.4 Å². The smallest absolute Gasteiger partial charge is 0.138 e. The first-order valence-corrected chi connectivity index (χ1v) is 7.11. The molecule has 0 radical (unpaired) electrons. The van der Waals surface area contributed by atoms with E-state index in [1.807, 2.05) is 18.2 Å². The summed E-state index contributed by atoms with van der Waals surface area (Å²) in [6.45, 7) is 0. The summed E-state index contributed by atoms with van der Waals surface area (Å²) in [7, 11) is 1.67. The molecule has 0 spiro atoms. The van der Waals surface area contributed by atoms with Crippen LogP contribution in [-0.4, -0.2) is 7.11 Å². The molecule has 1 aliphatic rings. The van der Waals surface area contributed by atoms with E-state index in [2.05, 4.69) is 6.07 Å². The maximum absolute atomic E-state index is 6.38. The number of ether oxygens (including phenoxy) is 1. The quantitative estimate of drug-likeness (QED) is 0.905. The molecule has 0 amide bonds. The predicted octanol–water partition coefficient (Wildman–Crippen LogP) is 4.02. The monoisotopic (exact) mass is 259 g/mol. The highest BCUT2D eigenvalue weighted by atomic mass is 16.5. The van der Waals surface area contributed by atoms with Gasteiger partial charge in [-0.3, -0.25) is 0 Å². The minimum atomic E-state index is 0.0266. The molecule has 102 valence electrons. The minimum Gasteiger partial charge on any atom is -0.497 e. The number of hydrogen-bond acceptors (Lipinski definition) is 3. The summed E-state index contributed by atoms with van der Waals surface area (Å²) < 4.78 is 11.1. The Bertz CT molecular complexity index is 555. The molecule has 3 rings (SSSR count). The van der Waals surface area contributed by atoms with Gasteiger partial charge in [-0.25, -0.2) is 0 Å². The number of nitrogens with two attached hydrogens (primary N) is 1. The average molecular weight is 259 g/mol. The van der Waals surface area contributed by atoms with Gasteiger partial charge in [-0.05, 0) is 37.0 Å². The highest BCUT2D eigenvalue weighted by Crippen LogP contribution is 2.35. The normalized spacial score (nSPS) is 18.6. The second kappa shape index (κ2) is 5.25. The van der Waals surface area contributed by atoms with E-state index in [4.69, 9.17) is 14.9 Å². The number of fused-ring (bicyclic) bond motifs is 1. The predicted molar refractivity (Wildman–Crippen MR) is 76.3 cm³/mol. The largest absolute Gasteiger partial charge is 0.497 e. The summed E-state index contributed by atoms with van der Waals surface area (Å²) in [5.74, 6) is 2.30. The van der Waals surface area contributed by atoms with Crippen LogP contribution >= 0.6 is 0 Å². The Morgan fingerprint density at radius 2 is 2.00 bits per heavy atom. The van der Waals surface area contributed by atoms with Gasteiger partial charge < -0.3 is 14.9 Å². The second-order valence-electron chi connectivity index (χ2n) is 5.48. The lowest BCUT2D eigenvalue weighted by Gasteiger charge is -2.25. The van der Waals surface area contributed by atoms with Gasteiger partial charge >= 0.3 is 0 Å². The van der Waals surface area contributed by atoms with Crippen molar-refractivity contribution in [1.82, 2.24) is 0 Å². The molecule has 0 bridgehead atoms. The van der Waals surface area contributed by atoms with E-state index >= 15 is 0 Å². The van der Waals surface area contributed by atoms with E-state index in [-0.39, 0.29) is 6.04 Å². The molecule has 2 N–H and O–H groups in total. The van der Waals surface area contributed by atoms with Crippen LogP contribution in [0.5, 0.6) is 5.75 Å². The standard InChI is InChI=1S/C16H21NO2/c1-18-13-8-7-12-9-15(19-14(12)10-13)16(17)11-5-3-2-4-6-11/h7-11,16H,2-6,17H2,1H3. The van der Waals surface area contributed by atoms with E-state index in [0.717, 1.165) is 22.5 Å². The molecule has 19 heavy (non-hydrogen) atoms. The van der Waals surface area contributed by atoms with Crippen LogP contribution in [0, 0.1) is 5.92 Å². The van der Waals surface area contributed by atoms with E-state index in [1.165, 1.54) is 32.1 Å². The Kier molecular flexibility index (Phi) is 3.47. The van der Waals surface area contributed by atoms with Crippen molar-refractivity contribution in [2.75, 3.05) is 7.11 Å². The van der Waals surface area contributed by atoms with E-state index in [1.54, 1.807) is 7.11 Å². The van der Waals surface area contributed by atoms with Gasteiger partial charge in [0, 0.05) is 11.5 Å². The lowest BCUT2D eigenvalue weighted by Crippen LogP contribution is -2.22. The first kappa shape index (κ1) is 12.5. The van der Waals surface area contributed by atoms with Crippen molar-refractivity contribution < 1.29 is 9.15 Å². The van der Waals surface area contributed by atoms with Crippen LogP contribution in [0.4, 0.5) is 0 Å². The molecule has 1 saturated carbocycles.